The first kappa shape index (κ1) is 19.2. The standard InChI is InChI=1S/C23H26N2OS/c1-14(2)19-10-8-17(12-21(19)22-6-5-11-27-22)16(4)25-23(26)20-13-18(24)9-7-15(20)3/h5-14,16H,24H2,1-4H3,(H,25,26). The van der Waals surface area contributed by atoms with Gasteiger partial charge >= 0.3 is 0 Å². The Morgan fingerprint density at radius 1 is 1.07 bits per heavy atom. The molecule has 1 amide bonds. The first-order valence-electron chi connectivity index (χ1n) is 9.21. The molecule has 3 N–H and O–H groups in total. The summed E-state index contributed by atoms with van der Waals surface area (Å²) in [7, 11) is 0. The van der Waals surface area contributed by atoms with E-state index in [2.05, 4.69) is 54.9 Å². The molecule has 3 rings (SSSR count). The topological polar surface area (TPSA) is 55.1 Å². The number of nitrogen functional groups attached to an aromatic ring is 1. The first-order valence-corrected chi connectivity index (χ1v) is 10.1. The Bertz CT molecular complexity index is 945. The van der Waals surface area contributed by atoms with Crippen LogP contribution in [0.5, 0.6) is 0 Å². The van der Waals surface area contributed by atoms with E-state index in [4.69, 9.17) is 5.73 Å². The minimum absolute atomic E-state index is 0.0988. The lowest BCUT2D eigenvalue weighted by Gasteiger charge is -2.19. The Hall–Kier alpha value is -2.59. The number of thiophene rings is 1. The van der Waals surface area contributed by atoms with Crippen molar-refractivity contribution in [2.75, 3.05) is 5.73 Å². The summed E-state index contributed by atoms with van der Waals surface area (Å²) < 4.78 is 0. The van der Waals surface area contributed by atoms with Crippen LogP contribution in [0, 0.1) is 6.92 Å². The molecule has 0 radical (unpaired) electrons. The van der Waals surface area contributed by atoms with E-state index in [1.54, 1.807) is 17.4 Å². The van der Waals surface area contributed by atoms with Gasteiger partial charge in [-0.1, -0.05) is 38.1 Å². The molecule has 140 valence electrons. The summed E-state index contributed by atoms with van der Waals surface area (Å²) in [5, 5.41) is 5.21. The van der Waals surface area contributed by atoms with E-state index in [0.29, 0.717) is 17.2 Å². The van der Waals surface area contributed by atoms with Gasteiger partial charge in [-0.2, -0.15) is 0 Å². The van der Waals surface area contributed by atoms with Crippen LogP contribution in [0.25, 0.3) is 10.4 Å². The number of amides is 1. The summed E-state index contributed by atoms with van der Waals surface area (Å²) in [5.74, 6) is 0.342. The monoisotopic (exact) mass is 378 g/mol. The molecule has 1 heterocycles. The van der Waals surface area contributed by atoms with E-state index in [1.807, 2.05) is 26.0 Å². The van der Waals surface area contributed by atoms with Gasteiger partial charge in [0.1, 0.15) is 0 Å². The zero-order valence-corrected chi connectivity index (χ0v) is 17.1. The highest BCUT2D eigenvalue weighted by Crippen LogP contribution is 2.34. The van der Waals surface area contributed by atoms with E-state index < -0.39 is 0 Å². The second kappa shape index (κ2) is 7.97. The van der Waals surface area contributed by atoms with Gasteiger partial charge in [-0.25, -0.2) is 0 Å². The third-order valence-electron chi connectivity index (χ3n) is 4.84. The number of anilines is 1. The zero-order chi connectivity index (χ0) is 19.6. The van der Waals surface area contributed by atoms with Crippen LogP contribution in [-0.4, -0.2) is 5.91 Å². The molecule has 27 heavy (non-hydrogen) atoms. The highest BCUT2D eigenvalue weighted by atomic mass is 32.1. The third kappa shape index (κ3) is 4.22. The van der Waals surface area contributed by atoms with Crippen LogP contribution in [-0.2, 0) is 0 Å². The largest absolute Gasteiger partial charge is 0.399 e. The summed E-state index contributed by atoms with van der Waals surface area (Å²) in [5.41, 5.74) is 11.7. The summed E-state index contributed by atoms with van der Waals surface area (Å²) in [6.07, 6.45) is 0. The fourth-order valence-corrected chi connectivity index (χ4v) is 4.00. The van der Waals surface area contributed by atoms with Crippen molar-refractivity contribution in [3.63, 3.8) is 0 Å². The number of hydrogen-bond donors (Lipinski definition) is 2. The Morgan fingerprint density at radius 3 is 2.52 bits per heavy atom. The second-order valence-electron chi connectivity index (χ2n) is 7.25. The van der Waals surface area contributed by atoms with E-state index in [-0.39, 0.29) is 11.9 Å². The van der Waals surface area contributed by atoms with Gasteiger partial charge in [0.25, 0.3) is 5.91 Å². The van der Waals surface area contributed by atoms with Gasteiger partial charge in [-0.05, 0) is 71.7 Å². The molecular weight excluding hydrogens is 352 g/mol. The number of nitrogens with one attached hydrogen (secondary N) is 1. The molecule has 3 aromatic rings. The number of carbonyl (C=O) groups excluding carboxylic acids is 1. The summed E-state index contributed by atoms with van der Waals surface area (Å²) >= 11 is 1.74. The van der Waals surface area contributed by atoms with Gasteiger partial charge in [0.2, 0.25) is 0 Å². The number of rotatable bonds is 5. The first-order chi connectivity index (χ1) is 12.9. The maximum absolute atomic E-state index is 12.7. The Morgan fingerprint density at radius 2 is 1.85 bits per heavy atom. The van der Waals surface area contributed by atoms with Crippen LogP contribution in [0.15, 0.2) is 53.9 Å². The van der Waals surface area contributed by atoms with Gasteiger partial charge in [0.15, 0.2) is 0 Å². The maximum atomic E-state index is 12.7. The van der Waals surface area contributed by atoms with Crippen molar-refractivity contribution < 1.29 is 4.79 Å². The Balaban J connectivity index is 1.89. The molecule has 0 saturated carbocycles. The Labute approximate surface area is 165 Å². The number of nitrogens with two attached hydrogens (primary N) is 1. The molecule has 4 heteroatoms. The predicted molar refractivity (Wildman–Crippen MR) is 115 cm³/mol. The molecule has 1 unspecified atom stereocenters. The van der Waals surface area contributed by atoms with Crippen LogP contribution < -0.4 is 11.1 Å². The molecule has 0 aliphatic heterocycles. The molecule has 0 aliphatic rings. The van der Waals surface area contributed by atoms with Crippen LogP contribution in [0.3, 0.4) is 0 Å². The fourth-order valence-electron chi connectivity index (χ4n) is 3.23. The van der Waals surface area contributed by atoms with Gasteiger partial charge in [0, 0.05) is 16.1 Å². The van der Waals surface area contributed by atoms with Gasteiger partial charge in [-0.3, -0.25) is 4.79 Å². The van der Waals surface area contributed by atoms with Crippen molar-refractivity contribution in [3.8, 4) is 10.4 Å². The van der Waals surface area contributed by atoms with Crippen LogP contribution in [0.2, 0.25) is 0 Å². The maximum Gasteiger partial charge on any atom is 0.252 e. The molecule has 0 fully saturated rings. The molecule has 0 spiro atoms. The molecule has 0 saturated heterocycles. The number of hydrogen-bond acceptors (Lipinski definition) is 3. The van der Waals surface area contributed by atoms with Crippen molar-refractivity contribution in [1.82, 2.24) is 5.32 Å². The Kier molecular flexibility index (Phi) is 5.66. The summed E-state index contributed by atoms with van der Waals surface area (Å²) in [4.78, 5) is 14.0. The summed E-state index contributed by atoms with van der Waals surface area (Å²) in [6, 6.07) is 16.0. The fraction of sp³-hybridized carbons (Fsp3) is 0.261. The van der Waals surface area contributed by atoms with Crippen molar-refractivity contribution in [2.45, 2.75) is 39.7 Å². The molecule has 1 aromatic heterocycles. The zero-order valence-electron chi connectivity index (χ0n) is 16.2. The van der Waals surface area contributed by atoms with Gasteiger partial charge < -0.3 is 11.1 Å². The highest BCUT2D eigenvalue weighted by molar-refractivity contribution is 7.13. The number of carbonyl (C=O) groups is 1. The van der Waals surface area contributed by atoms with E-state index in [1.165, 1.54) is 16.0 Å². The minimum Gasteiger partial charge on any atom is -0.399 e. The second-order valence-corrected chi connectivity index (χ2v) is 8.20. The van der Waals surface area contributed by atoms with Gasteiger partial charge in [0.05, 0.1) is 6.04 Å². The third-order valence-corrected chi connectivity index (χ3v) is 5.74. The van der Waals surface area contributed by atoms with Crippen molar-refractivity contribution >= 4 is 22.9 Å². The number of aryl methyl sites for hydroxylation is 1. The smallest absolute Gasteiger partial charge is 0.252 e. The molecule has 1 atom stereocenters. The van der Waals surface area contributed by atoms with Crippen LogP contribution >= 0.6 is 11.3 Å². The van der Waals surface area contributed by atoms with Crippen molar-refractivity contribution in [1.29, 1.82) is 0 Å². The average molecular weight is 379 g/mol. The van der Waals surface area contributed by atoms with Crippen molar-refractivity contribution in [3.05, 3.63) is 76.2 Å². The molecule has 3 nitrogen and oxygen atoms in total. The van der Waals surface area contributed by atoms with Crippen LogP contribution in [0.1, 0.15) is 59.8 Å². The van der Waals surface area contributed by atoms with Crippen molar-refractivity contribution in [2.24, 2.45) is 0 Å². The van der Waals surface area contributed by atoms with E-state index in [9.17, 15) is 4.79 Å². The highest BCUT2D eigenvalue weighted by Gasteiger charge is 2.17. The SMILES string of the molecule is Cc1ccc(N)cc1C(=O)NC(C)c1ccc(C(C)C)c(-c2cccs2)c1. The quantitative estimate of drug-likeness (QED) is 0.541. The lowest BCUT2D eigenvalue weighted by atomic mass is 9.92. The van der Waals surface area contributed by atoms with Crippen LogP contribution in [0.4, 0.5) is 5.69 Å². The molecule has 0 aliphatic carbocycles. The molecule has 0 bridgehead atoms. The lowest BCUT2D eigenvalue weighted by molar-refractivity contribution is 0.0939. The minimum atomic E-state index is -0.0992. The molecular formula is C23H26N2OS. The predicted octanol–water partition coefficient (Wildman–Crippen LogP) is 5.92. The van der Waals surface area contributed by atoms with E-state index in [0.717, 1.165) is 11.1 Å². The lowest BCUT2D eigenvalue weighted by Crippen LogP contribution is -2.27. The van der Waals surface area contributed by atoms with E-state index >= 15 is 0 Å². The normalized spacial score (nSPS) is 12.2. The average Bonchev–Trinajstić information content (AvgIpc) is 3.17. The molecule has 2 aromatic carbocycles. The summed E-state index contributed by atoms with van der Waals surface area (Å²) in [6.45, 7) is 8.35. The van der Waals surface area contributed by atoms with Gasteiger partial charge in [-0.15, -0.1) is 11.3 Å². The number of benzene rings is 2.